The van der Waals surface area contributed by atoms with Crippen molar-refractivity contribution in [3.8, 4) is 0 Å². The maximum Gasteiger partial charge on any atom is 0.0462 e. The molecule has 1 atom stereocenters. The van der Waals surface area contributed by atoms with Crippen LogP contribution in [0.25, 0.3) is 0 Å². The summed E-state index contributed by atoms with van der Waals surface area (Å²) in [6.45, 7) is 0.835. The third-order valence-electron chi connectivity index (χ3n) is 2.34. The zero-order valence-electron chi connectivity index (χ0n) is 8.78. The second-order valence-corrected chi connectivity index (χ2v) is 3.51. The number of rotatable bonds is 6. The van der Waals surface area contributed by atoms with E-state index in [9.17, 15) is 0 Å². The highest BCUT2D eigenvalue weighted by molar-refractivity contribution is 5.18. The number of methoxy groups -OCH3 is 1. The third-order valence-corrected chi connectivity index (χ3v) is 2.34. The van der Waals surface area contributed by atoms with Crippen LogP contribution in [0, 0.1) is 0 Å². The fourth-order valence-electron chi connectivity index (χ4n) is 1.48. The van der Waals surface area contributed by atoms with Gasteiger partial charge in [-0.2, -0.15) is 0 Å². The quantitative estimate of drug-likeness (QED) is 0.704. The van der Waals surface area contributed by atoms with E-state index in [1.807, 2.05) is 18.2 Å². The Bertz CT molecular complexity index is 235. The molecule has 2 N–H and O–H groups in total. The fraction of sp³-hybridized carbons (Fsp3) is 0.500. The molecule has 78 valence electrons. The molecule has 0 unspecified atom stereocenters. The molecule has 0 spiro atoms. The number of nitrogens with two attached hydrogens (primary N) is 1. The van der Waals surface area contributed by atoms with Crippen LogP contribution in [0.1, 0.15) is 30.9 Å². The summed E-state index contributed by atoms with van der Waals surface area (Å²) in [5.41, 5.74) is 7.26. The molecular weight excluding hydrogens is 174 g/mol. The van der Waals surface area contributed by atoms with Crippen LogP contribution in [0.2, 0.25) is 0 Å². The zero-order valence-corrected chi connectivity index (χ0v) is 8.78. The predicted octanol–water partition coefficient (Wildman–Crippen LogP) is 2.50. The van der Waals surface area contributed by atoms with Gasteiger partial charge in [0.2, 0.25) is 0 Å². The van der Waals surface area contributed by atoms with Crippen LogP contribution in [0.4, 0.5) is 0 Å². The number of unbranched alkanes of at least 4 members (excludes halogenated alkanes) is 1. The SMILES string of the molecule is COCCCC[C@@H](N)c1ccccc1. The van der Waals surface area contributed by atoms with E-state index in [-0.39, 0.29) is 6.04 Å². The smallest absolute Gasteiger partial charge is 0.0462 e. The molecule has 2 nitrogen and oxygen atoms in total. The van der Waals surface area contributed by atoms with Gasteiger partial charge >= 0.3 is 0 Å². The molecule has 1 rings (SSSR count). The van der Waals surface area contributed by atoms with Crippen LogP contribution in [-0.4, -0.2) is 13.7 Å². The van der Waals surface area contributed by atoms with E-state index >= 15 is 0 Å². The normalized spacial score (nSPS) is 12.7. The Hall–Kier alpha value is -0.860. The largest absolute Gasteiger partial charge is 0.385 e. The van der Waals surface area contributed by atoms with Crippen LogP contribution in [-0.2, 0) is 4.74 Å². The van der Waals surface area contributed by atoms with Crippen molar-refractivity contribution in [1.29, 1.82) is 0 Å². The fourth-order valence-corrected chi connectivity index (χ4v) is 1.48. The minimum Gasteiger partial charge on any atom is -0.385 e. The van der Waals surface area contributed by atoms with E-state index in [1.165, 1.54) is 5.56 Å². The monoisotopic (exact) mass is 193 g/mol. The van der Waals surface area contributed by atoms with E-state index in [0.717, 1.165) is 25.9 Å². The van der Waals surface area contributed by atoms with Gasteiger partial charge in [0.1, 0.15) is 0 Å². The molecule has 0 bridgehead atoms. The Morgan fingerprint density at radius 1 is 1.21 bits per heavy atom. The van der Waals surface area contributed by atoms with Crippen molar-refractivity contribution in [2.24, 2.45) is 5.73 Å². The van der Waals surface area contributed by atoms with Gasteiger partial charge in [-0.1, -0.05) is 30.3 Å². The molecule has 0 fully saturated rings. The average molecular weight is 193 g/mol. The summed E-state index contributed by atoms with van der Waals surface area (Å²) in [6, 6.07) is 10.4. The van der Waals surface area contributed by atoms with Gasteiger partial charge in [-0.15, -0.1) is 0 Å². The van der Waals surface area contributed by atoms with Crippen molar-refractivity contribution in [2.45, 2.75) is 25.3 Å². The predicted molar refractivity (Wildman–Crippen MR) is 59.1 cm³/mol. The van der Waals surface area contributed by atoms with Gasteiger partial charge < -0.3 is 10.5 Å². The van der Waals surface area contributed by atoms with E-state index in [1.54, 1.807) is 7.11 Å². The Labute approximate surface area is 86.1 Å². The van der Waals surface area contributed by atoms with Gasteiger partial charge in [-0.25, -0.2) is 0 Å². The minimum absolute atomic E-state index is 0.174. The third kappa shape index (κ3) is 3.90. The highest BCUT2D eigenvalue weighted by Gasteiger charge is 2.03. The molecule has 0 radical (unpaired) electrons. The first-order chi connectivity index (χ1) is 6.84. The standard InChI is InChI=1S/C12H19NO/c1-14-10-6-5-9-12(13)11-7-3-2-4-8-11/h2-4,7-8,12H,5-6,9-10,13H2,1H3/t12-/m1/s1. The molecule has 1 aromatic rings. The van der Waals surface area contributed by atoms with Crippen molar-refractivity contribution in [3.05, 3.63) is 35.9 Å². The maximum absolute atomic E-state index is 6.04. The summed E-state index contributed by atoms with van der Waals surface area (Å²) >= 11 is 0. The lowest BCUT2D eigenvalue weighted by atomic mass is 10.0. The summed E-state index contributed by atoms with van der Waals surface area (Å²) in [6.07, 6.45) is 3.26. The molecular formula is C12H19NO. The lowest BCUT2D eigenvalue weighted by Crippen LogP contribution is -2.10. The Morgan fingerprint density at radius 2 is 1.93 bits per heavy atom. The molecule has 0 aliphatic carbocycles. The number of hydrogen-bond donors (Lipinski definition) is 1. The second-order valence-electron chi connectivity index (χ2n) is 3.51. The Morgan fingerprint density at radius 3 is 2.57 bits per heavy atom. The van der Waals surface area contributed by atoms with Gasteiger partial charge in [-0.3, -0.25) is 0 Å². The molecule has 2 heteroatoms. The van der Waals surface area contributed by atoms with Gasteiger partial charge in [0, 0.05) is 19.8 Å². The van der Waals surface area contributed by atoms with Crippen LogP contribution in [0.15, 0.2) is 30.3 Å². The molecule has 1 aromatic carbocycles. The van der Waals surface area contributed by atoms with Crippen LogP contribution in [0.5, 0.6) is 0 Å². The van der Waals surface area contributed by atoms with Crippen LogP contribution in [0.3, 0.4) is 0 Å². The molecule has 0 heterocycles. The van der Waals surface area contributed by atoms with Gasteiger partial charge in [-0.05, 0) is 24.8 Å². The molecule has 14 heavy (non-hydrogen) atoms. The molecule has 0 saturated carbocycles. The first-order valence-corrected chi connectivity index (χ1v) is 5.14. The maximum atomic E-state index is 6.04. The summed E-state index contributed by atoms with van der Waals surface area (Å²) in [5.74, 6) is 0. The number of ether oxygens (including phenoxy) is 1. The van der Waals surface area contributed by atoms with Crippen molar-refractivity contribution in [2.75, 3.05) is 13.7 Å². The minimum atomic E-state index is 0.174. The van der Waals surface area contributed by atoms with Crippen LogP contribution >= 0.6 is 0 Å². The van der Waals surface area contributed by atoms with E-state index in [2.05, 4.69) is 12.1 Å². The van der Waals surface area contributed by atoms with E-state index in [4.69, 9.17) is 10.5 Å². The molecule has 0 aromatic heterocycles. The molecule has 0 saturated heterocycles. The van der Waals surface area contributed by atoms with Gasteiger partial charge in [0.05, 0.1) is 0 Å². The van der Waals surface area contributed by atoms with E-state index in [0.29, 0.717) is 0 Å². The topological polar surface area (TPSA) is 35.2 Å². The van der Waals surface area contributed by atoms with E-state index < -0.39 is 0 Å². The van der Waals surface area contributed by atoms with Crippen molar-refractivity contribution in [3.63, 3.8) is 0 Å². The summed E-state index contributed by atoms with van der Waals surface area (Å²) in [7, 11) is 1.73. The number of hydrogen-bond acceptors (Lipinski definition) is 2. The molecule has 0 aliphatic rings. The lowest BCUT2D eigenvalue weighted by molar-refractivity contribution is 0.191. The summed E-state index contributed by atoms with van der Waals surface area (Å²) in [5, 5.41) is 0. The van der Waals surface area contributed by atoms with Crippen LogP contribution < -0.4 is 5.73 Å². The summed E-state index contributed by atoms with van der Waals surface area (Å²) in [4.78, 5) is 0. The van der Waals surface area contributed by atoms with Crippen molar-refractivity contribution >= 4 is 0 Å². The van der Waals surface area contributed by atoms with Gasteiger partial charge in [0.25, 0.3) is 0 Å². The zero-order chi connectivity index (χ0) is 10.2. The highest BCUT2D eigenvalue weighted by atomic mass is 16.5. The first kappa shape index (κ1) is 11.2. The second kappa shape index (κ2) is 6.57. The lowest BCUT2D eigenvalue weighted by Gasteiger charge is -2.11. The Balaban J connectivity index is 2.25. The molecule has 0 amide bonds. The number of benzene rings is 1. The first-order valence-electron chi connectivity index (χ1n) is 5.14. The van der Waals surface area contributed by atoms with Gasteiger partial charge in [0.15, 0.2) is 0 Å². The summed E-state index contributed by atoms with van der Waals surface area (Å²) < 4.78 is 4.99. The highest BCUT2D eigenvalue weighted by Crippen LogP contribution is 2.15. The van der Waals surface area contributed by atoms with Crippen molar-refractivity contribution < 1.29 is 4.74 Å². The Kier molecular flexibility index (Phi) is 5.27. The molecule has 0 aliphatic heterocycles. The average Bonchev–Trinajstić information content (AvgIpc) is 2.25. The van der Waals surface area contributed by atoms with Crippen molar-refractivity contribution in [1.82, 2.24) is 0 Å².